The van der Waals surface area contributed by atoms with Gasteiger partial charge in [0.05, 0.1) is 16.7 Å². The second-order valence-corrected chi connectivity index (χ2v) is 5.09. The van der Waals surface area contributed by atoms with E-state index in [4.69, 9.17) is 33.7 Å². The summed E-state index contributed by atoms with van der Waals surface area (Å²) in [7, 11) is 0. The van der Waals surface area contributed by atoms with E-state index in [-0.39, 0.29) is 0 Å². The average Bonchev–Trinajstić information content (AvgIpc) is 2.39. The Kier molecular flexibility index (Phi) is 4.94. The highest BCUT2D eigenvalue weighted by atomic mass is 35.5. The summed E-state index contributed by atoms with van der Waals surface area (Å²) in [5, 5.41) is 1.05. The molecule has 0 atom stereocenters. The van der Waals surface area contributed by atoms with Gasteiger partial charge in [0.1, 0.15) is 5.75 Å². The van der Waals surface area contributed by atoms with E-state index in [1.54, 1.807) is 12.1 Å². The summed E-state index contributed by atoms with van der Waals surface area (Å²) in [6, 6.07) is 13.2. The van der Waals surface area contributed by atoms with Crippen molar-refractivity contribution in [2.45, 2.75) is 12.8 Å². The third-order valence-electron chi connectivity index (χ3n) is 2.72. The van der Waals surface area contributed by atoms with Crippen LogP contribution in [0.25, 0.3) is 0 Å². The van der Waals surface area contributed by atoms with E-state index < -0.39 is 0 Å². The largest absolute Gasteiger partial charge is 0.494 e. The summed E-state index contributed by atoms with van der Waals surface area (Å²) in [6.07, 6.45) is 1.86. The summed E-state index contributed by atoms with van der Waals surface area (Å²) in [4.78, 5) is 0. The van der Waals surface area contributed by atoms with Crippen LogP contribution in [-0.2, 0) is 6.42 Å². The predicted octanol–water partition coefficient (Wildman–Crippen LogP) is 4.59. The van der Waals surface area contributed by atoms with Crippen LogP contribution >= 0.6 is 23.2 Å². The predicted molar refractivity (Wildman–Crippen MR) is 81.1 cm³/mol. The quantitative estimate of drug-likeness (QED) is 0.647. The molecule has 2 aromatic carbocycles. The summed E-state index contributed by atoms with van der Waals surface area (Å²) < 4.78 is 5.62. The van der Waals surface area contributed by atoms with Gasteiger partial charge in [-0.3, -0.25) is 0 Å². The van der Waals surface area contributed by atoms with Crippen molar-refractivity contribution < 1.29 is 4.74 Å². The molecular formula is C15H15Cl2NO. The zero-order valence-corrected chi connectivity index (χ0v) is 11.9. The van der Waals surface area contributed by atoms with Crippen molar-refractivity contribution in [3.8, 4) is 5.75 Å². The molecule has 0 unspecified atom stereocenters. The molecule has 2 rings (SSSR count). The number of rotatable bonds is 5. The van der Waals surface area contributed by atoms with Crippen LogP contribution in [0.4, 0.5) is 5.69 Å². The molecule has 100 valence electrons. The maximum absolute atomic E-state index is 5.91. The van der Waals surface area contributed by atoms with Crippen LogP contribution < -0.4 is 10.5 Å². The molecule has 19 heavy (non-hydrogen) atoms. The molecule has 0 aromatic heterocycles. The lowest BCUT2D eigenvalue weighted by molar-refractivity contribution is 0.311. The number of hydrogen-bond donors (Lipinski definition) is 1. The summed E-state index contributed by atoms with van der Waals surface area (Å²) in [5.41, 5.74) is 7.74. The van der Waals surface area contributed by atoms with Crippen molar-refractivity contribution in [3.05, 3.63) is 58.1 Å². The minimum atomic E-state index is 0.509. The van der Waals surface area contributed by atoms with Gasteiger partial charge in [0.25, 0.3) is 0 Å². The van der Waals surface area contributed by atoms with Gasteiger partial charge in [0.15, 0.2) is 0 Å². The van der Waals surface area contributed by atoms with Crippen LogP contribution in [0.1, 0.15) is 12.0 Å². The molecule has 0 radical (unpaired) electrons. The molecule has 0 aliphatic rings. The summed E-state index contributed by atoms with van der Waals surface area (Å²) in [5.74, 6) is 0.738. The number of ether oxygens (including phenoxy) is 1. The van der Waals surface area contributed by atoms with Gasteiger partial charge in [-0.05, 0) is 42.7 Å². The van der Waals surface area contributed by atoms with E-state index in [2.05, 4.69) is 6.07 Å². The SMILES string of the molecule is Nc1cccc(CCCOc2ccc(Cl)c(Cl)c2)c1. The summed E-state index contributed by atoms with van der Waals surface area (Å²) in [6.45, 7) is 0.632. The molecule has 2 aromatic rings. The second kappa shape index (κ2) is 6.69. The Morgan fingerprint density at radius 2 is 1.84 bits per heavy atom. The van der Waals surface area contributed by atoms with Crippen molar-refractivity contribution in [2.75, 3.05) is 12.3 Å². The number of halogens is 2. The fourth-order valence-electron chi connectivity index (χ4n) is 1.78. The molecule has 2 N–H and O–H groups in total. The van der Waals surface area contributed by atoms with E-state index in [9.17, 15) is 0 Å². The number of aryl methyl sites for hydroxylation is 1. The lowest BCUT2D eigenvalue weighted by atomic mass is 10.1. The Morgan fingerprint density at radius 3 is 2.58 bits per heavy atom. The van der Waals surface area contributed by atoms with Crippen LogP contribution in [0.5, 0.6) is 5.75 Å². The lowest BCUT2D eigenvalue weighted by Crippen LogP contribution is -1.99. The topological polar surface area (TPSA) is 35.2 Å². The first-order valence-electron chi connectivity index (χ1n) is 6.07. The Bertz CT molecular complexity index is 558. The van der Waals surface area contributed by atoms with Gasteiger partial charge in [0.2, 0.25) is 0 Å². The molecule has 0 aliphatic carbocycles. The van der Waals surface area contributed by atoms with E-state index in [1.807, 2.05) is 24.3 Å². The fourth-order valence-corrected chi connectivity index (χ4v) is 2.07. The number of anilines is 1. The molecule has 0 spiro atoms. The van der Waals surface area contributed by atoms with Crippen LogP contribution in [-0.4, -0.2) is 6.61 Å². The van der Waals surface area contributed by atoms with Gasteiger partial charge < -0.3 is 10.5 Å². The highest BCUT2D eigenvalue weighted by Crippen LogP contribution is 2.26. The molecule has 2 nitrogen and oxygen atoms in total. The minimum Gasteiger partial charge on any atom is -0.494 e. The fraction of sp³-hybridized carbons (Fsp3) is 0.200. The molecule has 0 heterocycles. The molecule has 4 heteroatoms. The first-order valence-corrected chi connectivity index (χ1v) is 6.83. The number of nitrogens with two attached hydrogens (primary N) is 1. The smallest absolute Gasteiger partial charge is 0.120 e. The van der Waals surface area contributed by atoms with Crippen molar-refractivity contribution in [1.29, 1.82) is 0 Å². The molecule has 0 saturated carbocycles. The first-order chi connectivity index (χ1) is 9.15. The molecule has 0 aliphatic heterocycles. The first kappa shape index (κ1) is 14.0. The average molecular weight is 296 g/mol. The van der Waals surface area contributed by atoms with Crippen molar-refractivity contribution >= 4 is 28.9 Å². The van der Waals surface area contributed by atoms with Gasteiger partial charge in [-0.1, -0.05) is 35.3 Å². The van der Waals surface area contributed by atoms with E-state index in [1.165, 1.54) is 5.56 Å². The molecule has 0 fully saturated rings. The Balaban J connectivity index is 1.79. The third-order valence-corrected chi connectivity index (χ3v) is 3.46. The second-order valence-electron chi connectivity index (χ2n) is 4.27. The van der Waals surface area contributed by atoms with Gasteiger partial charge in [0, 0.05) is 11.8 Å². The van der Waals surface area contributed by atoms with Crippen molar-refractivity contribution in [1.82, 2.24) is 0 Å². The maximum atomic E-state index is 5.91. The highest BCUT2D eigenvalue weighted by Gasteiger charge is 2.00. The highest BCUT2D eigenvalue weighted by molar-refractivity contribution is 6.42. The van der Waals surface area contributed by atoms with E-state index >= 15 is 0 Å². The molecular weight excluding hydrogens is 281 g/mol. The third kappa shape index (κ3) is 4.34. The van der Waals surface area contributed by atoms with Crippen LogP contribution in [0, 0.1) is 0 Å². The van der Waals surface area contributed by atoms with Crippen molar-refractivity contribution in [2.24, 2.45) is 0 Å². The Hall–Kier alpha value is -1.38. The molecule has 0 amide bonds. The van der Waals surface area contributed by atoms with Crippen LogP contribution in [0.15, 0.2) is 42.5 Å². The van der Waals surface area contributed by atoms with E-state index in [0.717, 1.165) is 24.3 Å². The number of benzene rings is 2. The van der Waals surface area contributed by atoms with Gasteiger partial charge in [-0.25, -0.2) is 0 Å². The Labute approximate surface area is 123 Å². The van der Waals surface area contributed by atoms with Gasteiger partial charge >= 0.3 is 0 Å². The zero-order valence-electron chi connectivity index (χ0n) is 10.4. The van der Waals surface area contributed by atoms with E-state index in [0.29, 0.717) is 16.7 Å². The summed E-state index contributed by atoms with van der Waals surface area (Å²) >= 11 is 11.8. The molecule has 0 saturated heterocycles. The number of hydrogen-bond acceptors (Lipinski definition) is 2. The van der Waals surface area contributed by atoms with Crippen LogP contribution in [0.2, 0.25) is 10.0 Å². The van der Waals surface area contributed by atoms with Gasteiger partial charge in [-0.15, -0.1) is 0 Å². The minimum absolute atomic E-state index is 0.509. The Morgan fingerprint density at radius 1 is 1.00 bits per heavy atom. The van der Waals surface area contributed by atoms with Crippen LogP contribution in [0.3, 0.4) is 0 Å². The van der Waals surface area contributed by atoms with Gasteiger partial charge in [-0.2, -0.15) is 0 Å². The maximum Gasteiger partial charge on any atom is 0.120 e. The lowest BCUT2D eigenvalue weighted by Gasteiger charge is -2.07. The molecule has 0 bridgehead atoms. The number of nitrogen functional groups attached to an aromatic ring is 1. The zero-order chi connectivity index (χ0) is 13.7. The standard InChI is InChI=1S/C15H15Cl2NO/c16-14-7-6-13(10-15(14)17)19-8-2-4-11-3-1-5-12(18)9-11/h1,3,5-7,9-10H,2,4,8,18H2. The van der Waals surface area contributed by atoms with Crippen molar-refractivity contribution in [3.63, 3.8) is 0 Å². The monoisotopic (exact) mass is 295 g/mol. The normalized spacial score (nSPS) is 10.4.